The van der Waals surface area contributed by atoms with Gasteiger partial charge in [0.2, 0.25) is 41.4 Å². The van der Waals surface area contributed by atoms with Crippen molar-refractivity contribution in [3.05, 3.63) is 83.4 Å². The Morgan fingerprint density at radius 1 is 0.742 bits per heavy atom. The van der Waals surface area contributed by atoms with Crippen molar-refractivity contribution in [1.29, 1.82) is 0 Å². The fourth-order valence-corrected chi connectivity index (χ4v) is 12.4. The van der Waals surface area contributed by atoms with Gasteiger partial charge in [0.05, 0.1) is 43.0 Å². The number of β-amino-alcohol motifs (C(OH)–C–C–N with tert-alkyl or cyclic N) is 1. The average molecular weight is 1270 g/mol. The summed E-state index contributed by atoms with van der Waals surface area (Å²) in [5.74, 6) is -10.3. The number of phenols is 1. The number of carbonyl (C=O) groups is 8. The van der Waals surface area contributed by atoms with Crippen LogP contribution in [0.5, 0.6) is 11.5 Å². The van der Waals surface area contributed by atoms with Gasteiger partial charge in [-0.2, -0.15) is 0 Å². The normalized spacial score (nSPS) is 27.3. The first kappa shape index (κ1) is 70.1. The Morgan fingerprint density at radius 2 is 1.35 bits per heavy atom. The summed E-state index contributed by atoms with van der Waals surface area (Å²) < 4.78 is 9.16. The molecular formula is C58H77N10NaO19S. The molecule has 14 N–H and O–H groups in total. The monoisotopic (exact) mass is 1270 g/mol. The van der Waals surface area contributed by atoms with Gasteiger partial charge in [-0.05, 0) is 85.3 Å². The van der Waals surface area contributed by atoms with Crippen molar-refractivity contribution >= 4 is 71.0 Å². The third kappa shape index (κ3) is 17.8. The summed E-state index contributed by atoms with van der Waals surface area (Å²) in [6.07, 6.45) is -7.24. The standard InChI is InChI=1S/C58H78N10O19S.Na/c1-30-28-68-50(51(30)76)56(81)60-27-38(70)24-40(61-52(77)35-11-15-37(16-12-35)66-20-18-65(19-21-66)36-13-9-34(10-14-36)33-6-4-3-5-7-33)53(78)62-47(31(2)69)57(82)67-29-39(71)25-41(67)54(79)63-48(55(80)64-49(58(68)83)44(74)26-46(59)75)43(73)22-32-8-17-42(72)45(23-32)85-88-87-86-84;/h8-17,23,30-31,33,38-41,43-44,47-51,69-74,76,84H,3-7,18-22,24-29H2,1-2H3,(H2,59,75)(H,60,81)(H,61,77)(H,62,78)(H,63,79)(H,64,80);/q;+1/p-1. The molecule has 480 valence electrons. The molecular weight excluding hydrogens is 1200 g/mol. The number of amides is 8. The van der Waals surface area contributed by atoms with E-state index in [0.717, 1.165) is 53.3 Å². The number of nitrogens with two attached hydrogens (primary N) is 1. The summed E-state index contributed by atoms with van der Waals surface area (Å²) in [4.78, 5) is 120. The summed E-state index contributed by atoms with van der Waals surface area (Å²) in [5, 5.41) is 104. The predicted molar refractivity (Wildman–Crippen MR) is 310 cm³/mol. The number of rotatable bonds is 16. The van der Waals surface area contributed by atoms with Gasteiger partial charge in [0.1, 0.15) is 36.3 Å². The van der Waals surface area contributed by atoms with E-state index in [9.17, 15) is 79.4 Å². The van der Waals surface area contributed by atoms with E-state index in [0.29, 0.717) is 19.0 Å². The van der Waals surface area contributed by atoms with Crippen LogP contribution in [-0.4, -0.2) is 211 Å². The van der Waals surface area contributed by atoms with Crippen LogP contribution in [0.2, 0.25) is 0 Å². The number of primary amides is 1. The molecule has 13 atom stereocenters. The molecule has 0 radical (unpaired) electrons. The predicted octanol–water partition coefficient (Wildman–Crippen LogP) is -6.24. The molecule has 89 heavy (non-hydrogen) atoms. The van der Waals surface area contributed by atoms with Crippen LogP contribution < -0.4 is 81.1 Å². The van der Waals surface area contributed by atoms with Crippen LogP contribution in [0, 0.1) is 5.92 Å². The van der Waals surface area contributed by atoms with Crippen LogP contribution in [0.25, 0.3) is 0 Å². The van der Waals surface area contributed by atoms with Crippen LogP contribution in [0.1, 0.15) is 92.6 Å². The Bertz CT molecular complexity index is 2960. The second-order valence-electron chi connectivity index (χ2n) is 23.2. The Morgan fingerprint density at radius 3 is 1.97 bits per heavy atom. The van der Waals surface area contributed by atoms with Gasteiger partial charge in [-0.25, -0.2) is 0 Å². The maximum atomic E-state index is 14.7. The van der Waals surface area contributed by atoms with E-state index >= 15 is 0 Å². The van der Waals surface area contributed by atoms with Gasteiger partial charge in [0.25, 0.3) is 18.2 Å². The molecule has 8 amide bonds. The fourth-order valence-electron chi connectivity index (χ4n) is 12.1. The molecule has 5 aliphatic rings. The SMILES string of the molecule is CC(O)C1NC(=O)C(NC(=O)c2ccc(N3CCN(c4ccc(C5CCCCC5)cc4)CC3)cc2)CC(O)CNC(=O)C2C(O)C(C)CN2C(=O)C(C(O)CC(N)=O)NC(=O)C(C(O)Cc2ccc(O)c(OSOO[O-])c2)NC(=O)C2CC(O)CN2C1=O.[Na+]. The van der Waals surface area contributed by atoms with Crippen LogP contribution in [0.15, 0.2) is 66.7 Å². The first-order valence-corrected chi connectivity index (χ1v) is 30.0. The van der Waals surface area contributed by atoms with E-state index in [1.165, 1.54) is 50.7 Å². The third-order valence-electron chi connectivity index (χ3n) is 16.9. The quantitative estimate of drug-likeness (QED) is 0.0209. The van der Waals surface area contributed by atoms with Crippen LogP contribution in [0.4, 0.5) is 11.4 Å². The Balaban J connectivity index is 0.0000113. The number of piperazine rings is 1. The average Bonchev–Trinajstić information content (AvgIpc) is 3.17. The van der Waals surface area contributed by atoms with E-state index < -0.39 is 177 Å². The molecule has 0 spiro atoms. The number of nitrogens with one attached hydrogen (secondary N) is 5. The minimum atomic E-state index is -2.21. The summed E-state index contributed by atoms with van der Waals surface area (Å²) >= 11 is 0.00129. The van der Waals surface area contributed by atoms with Crippen LogP contribution in [-0.2, 0) is 49.4 Å². The minimum absolute atomic E-state index is 0. The molecule has 1 aliphatic carbocycles. The number of aliphatic hydroxyl groups is 6. The fraction of sp³-hybridized carbons (Fsp3) is 0.552. The molecule has 0 aromatic heterocycles. The maximum absolute atomic E-state index is 14.7. The largest absolute Gasteiger partial charge is 1.00 e. The smallest absolute Gasteiger partial charge is 0.691 e. The molecule has 1 saturated carbocycles. The molecule has 0 bridgehead atoms. The number of anilines is 2. The molecule has 8 rings (SSSR count). The second-order valence-corrected chi connectivity index (χ2v) is 23.6. The van der Waals surface area contributed by atoms with Crippen molar-refractivity contribution in [3.8, 4) is 11.5 Å². The zero-order chi connectivity index (χ0) is 63.5. The van der Waals surface area contributed by atoms with Crippen LogP contribution in [0.3, 0.4) is 0 Å². The minimum Gasteiger partial charge on any atom is -0.691 e. The first-order chi connectivity index (χ1) is 42.0. The maximum Gasteiger partial charge on any atom is 1.00 e. The molecule has 4 aliphatic heterocycles. The summed E-state index contributed by atoms with van der Waals surface area (Å²) in [5.41, 5.74) is 8.93. The number of fused-ring (bicyclic) bond motifs is 2. The molecule has 13 unspecified atom stereocenters. The first-order valence-electron chi connectivity index (χ1n) is 29.3. The number of nitrogens with zero attached hydrogens (tertiary/aromatic N) is 4. The number of aromatic hydroxyl groups is 1. The van der Waals surface area contributed by atoms with Crippen molar-refractivity contribution in [3.63, 3.8) is 0 Å². The number of benzene rings is 3. The van der Waals surface area contributed by atoms with E-state index in [4.69, 9.17) is 9.92 Å². The Kier molecular flexibility index (Phi) is 25.2. The van der Waals surface area contributed by atoms with E-state index in [1.54, 1.807) is 24.3 Å². The Labute approximate surface area is 539 Å². The number of carbonyl (C=O) groups excluding carboxylic acids is 8. The van der Waals surface area contributed by atoms with Crippen molar-refractivity contribution in [2.75, 3.05) is 55.6 Å². The molecule has 5 fully saturated rings. The molecule has 4 saturated heterocycles. The molecule has 29 nitrogen and oxygen atoms in total. The van der Waals surface area contributed by atoms with E-state index in [-0.39, 0.29) is 58.8 Å². The van der Waals surface area contributed by atoms with E-state index in [1.807, 2.05) is 0 Å². The molecule has 31 heteroatoms. The topological polar surface area (TPSA) is 428 Å². The van der Waals surface area contributed by atoms with Crippen molar-refractivity contribution in [2.24, 2.45) is 11.7 Å². The Hall–Kier alpha value is -6.39. The van der Waals surface area contributed by atoms with Gasteiger partial charge in [-0.3, -0.25) is 43.4 Å². The van der Waals surface area contributed by atoms with Gasteiger partial charge in [0.15, 0.2) is 11.5 Å². The zero-order valence-electron chi connectivity index (χ0n) is 49.6. The van der Waals surface area contributed by atoms with Gasteiger partial charge >= 0.3 is 29.6 Å². The number of aliphatic hydroxyl groups excluding tert-OH is 6. The van der Waals surface area contributed by atoms with Gasteiger partial charge in [-0.15, -0.1) is 4.33 Å². The van der Waals surface area contributed by atoms with Crippen LogP contribution >= 0.6 is 12.3 Å². The third-order valence-corrected chi connectivity index (χ3v) is 17.3. The van der Waals surface area contributed by atoms with Gasteiger partial charge < -0.3 is 97.1 Å². The van der Waals surface area contributed by atoms with Crippen molar-refractivity contribution in [1.82, 2.24) is 36.4 Å². The summed E-state index contributed by atoms with van der Waals surface area (Å²) in [6.45, 7) is 3.81. The molecule has 4 heterocycles. The van der Waals surface area contributed by atoms with E-state index in [2.05, 4.69) is 70.0 Å². The van der Waals surface area contributed by atoms with Crippen molar-refractivity contribution < 1.29 is 122 Å². The molecule has 3 aromatic rings. The number of hydrogen-bond donors (Lipinski definition) is 13. The summed E-state index contributed by atoms with van der Waals surface area (Å²) in [7, 11) is 0. The van der Waals surface area contributed by atoms with Crippen molar-refractivity contribution in [2.45, 2.75) is 150 Å². The van der Waals surface area contributed by atoms with Gasteiger partial charge in [0, 0.05) is 87.9 Å². The number of hydrogen-bond acceptors (Lipinski definition) is 22. The second kappa shape index (κ2) is 32.1. The zero-order valence-corrected chi connectivity index (χ0v) is 52.4. The molecule has 3 aromatic carbocycles. The van der Waals surface area contributed by atoms with Gasteiger partial charge in [-0.1, -0.05) is 44.4 Å². The number of phenolic OH excluding ortho intramolecular Hbond substituents is 1. The summed E-state index contributed by atoms with van der Waals surface area (Å²) in [6, 6.07) is 7.35.